The third kappa shape index (κ3) is 8.19. The molecule has 0 bridgehead atoms. The number of rotatable bonds is 8. The van der Waals surface area contributed by atoms with Crippen LogP contribution >= 0.6 is 24.8 Å². The van der Waals surface area contributed by atoms with Gasteiger partial charge in [0.05, 0.1) is 0 Å². The highest BCUT2D eigenvalue weighted by atomic mass is 35.5. The summed E-state index contributed by atoms with van der Waals surface area (Å²) in [7, 11) is 2.07. The maximum absolute atomic E-state index is 12.1. The standard InChI is InChI=1S/C20H27N3O.2ClH/c1-16(23(2)15-17-9-5-3-6-10-17)14-22-20(24)13-19(21)18-11-7-4-8-12-18;;/h3-12,16,19H,13-15,21H2,1-2H3,(H,22,24);2*1H. The second-order valence-electron chi connectivity index (χ2n) is 6.28. The van der Waals surface area contributed by atoms with Gasteiger partial charge in [0.15, 0.2) is 0 Å². The van der Waals surface area contributed by atoms with Gasteiger partial charge < -0.3 is 11.1 Å². The van der Waals surface area contributed by atoms with E-state index in [1.54, 1.807) is 0 Å². The van der Waals surface area contributed by atoms with Crippen molar-refractivity contribution in [2.24, 2.45) is 5.73 Å². The Bertz CT molecular complexity index is 625. The number of nitrogens with two attached hydrogens (primary N) is 1. The lowest BCUT2D eigenvalue weighted by Gasteiger charge is -2.25. The van der Waals surface area contributed by atoms with E-state index in [0.29, 0.717) is 13.0 Å². The third-order valence-electron chi connectivity index (χ3n) is 4.25. The van der Waals surface area contributed by atoms with Gasteiger partial charge in [-0.2, -0.15) is 0 Å². The maximum atomic E-state index is 12.1. The summed E-state index contributed by atoms with van der Waals surface area (Å²) in [6, 6.07) is 20.0. The van der Waals surface area contributed by atoms with Gasteiger partial charge in [0.2, 0.25) is 5.91 Å². The van der Waals surface area contributed by atoms with Crippen LogP contribution in [0.15, 0.2) is 60.7 Å². The van der Waals surface area contributed by atoms with Crippen molar-refractivity contribution in [1.29, 1.82) is 0 Å². The lowest BCUT2D eigenvalue weighted by atomic mass is 10.0. The number of halogens is 2. The van der Waals surface area contributed by atoms with Crippen LogP contribution in [0.2, 0.25) is 0 Å². The zero-order valence-electron chi connectivity index (χ0n) is 15.3. The first kappa shape index (κ1) is 24.4. The van der Waals surface area contributed by atoms with Gasteiger partial charge in [0.1, 0.15) is 0 Å². The SMILES string of the molecule is CC(CNC(=O)CC(N)c1ccccc1)N(C)Cc1ccccc1.Cl.Cl. The molecule has 0 saturated carbocycles. The van der Waals surface area contributed by atoms with E-state index in [4.69, 9.17) is 5.73 Å². The van der Waals surface area contributed by atoms with E-state index in [1.165, 1.54) is 5.56 Å². The summed E-state index contributed by atoms with van der Waals surface area (Å²) in [6.45, 7) is 3.59. The van der Waals surface area contributed by atoms with Gasteiger partial charge in [-0.05, 0) is 25.1 Å². The van der Waals surface area contributed by atoms with Crippen LogP contribution in [0, 0.1) is 0 Å². The molecule has 2 unspecified atom stereocenters. The minimum Gasteiger partial charge on any atom is -0.354 e. The van der Waals surface area contributed by atoms with E-state index in [2.05, 4.69) is 36.3 Å². The van der Waals surface area contributed by atoms with Crippen molar-refractivity contribution < 1.29 is 4.79 Å². The molecule has 0 aliphatic rings. The molecule has 2 aromatic rings. The molecule has 4 nitrogen and oxygen atoms in total. The molecule has 0 radical (unpaired) electrons. The number of carbonyl (C=O) groups is 1. The van der Waals surface area contributed by atoms with Crippen LogP contribution in [0.1, 0.15) is 30.5 Å². The Kier molecular flexibility index (Phi) is 11.9. The van der Waals surface area contributed by atoms with Gasteiger partial charge in [-0.15, -0.1) is 24.8 Å². The maximum Gasteiger partial charge on any atom is 0.221 e. The molecule has 2 aromatic carbocycles. The first-order valence-corrected chi connectivity index (χ1v) is 8.37. The van der Waals surface area contributed by atoms with E-state index in [9.17, 15) is 4.79 Å². The molecule has 0 aromatic heterocycles. The van der Waals surface area contributed by atoms with Crippen molar-refractivity contribution in [3.05, 3.63) is 71.8 Å². The molecule has 144 valence electrons. The van der Waals surface area contributed by atoms with Crippen LogP contribution in [-0.4, -0.2) is 30.4 Å². The summed E-state index contributed by atoms with van der Waals surface area (Å²) in [6.07, 6.45) is 0.305. The summed E-state index contributed by atoms with van der Waals surface area (Å²) in [4.78, 5) is 14.3. The van der Waals surface area contributed by atoms with Crippen molar-refractivity contribution in [3.8, 4) is 0 Å². The molecule has 0 aliphatic heterocycles. The summed E-state index contributed by atoms with van der Waals surface area (Å²) < 4.78 is 0. The normalized spacial score (nSPS) is 12.5. The zero-order chi connectivity index (χ0) is 17.4. The van der Waals surface area contributed by atoms with Crippen LogP contribution in [-0.2, 0) is 11.3 Å². The van der Waals surface area contributed by atoms with Gasteiger partial charge in [0, 0.05) is 31.6 Å². The molecule has 2 rings (SSSR count). The molecular weight excluding hydrogens is 369 g/mol. The number of likely N-dealkylation sites (N-methyl/N-ethyl adjacent to an activating group) is 1. The number of hydrogen-bond donors (Lipinski definition) is 2. The van der Waals surface area contributed by atoms with Crippen molar-refractivity contribution >= 4 is 30.7 Å². The highest BCUT2D eigenvalue weighted by Gasteiger charge is 2.14. The Labute approximate surface area is 169 Å². The van der Waals surface area contributed by atoms with Crippen molar-refractivity contribution in [2.75, 3.05) is 13.6 Å². The van der Waals surface area contributed by atoms with Crippen LogP contribution in [0.3, 0.4) is 0 Å². The Morgan fingerprint density at radius 2 is 1.58 bits per heavy atom. The van der Waals surface area contributed by atoms with Gasteiger partial charge in [-0.25, -0.2) is 0 Å². The van der Waals surface area contributed by atoms with E-state index in [1.807, 2.05) is 48.5 Å². The Morgan fingerprint density at radius 1 is 1.04 bits per heavy atom. The smallest absolute Gasteiger partial charge is 0.221 e. The molecular formula is C20H29Cl2N3O. The van der Waals surface area contributed by atoms with E-state index in [-0.39, 0.29) is 42.8 Å². The number of amides is 1. The molecule has 0 spiro atoms. The zero-order valence-corrected chi connectivity index (χ0v) is 16.9. The topological polar surface area (TPSA) is 58.4 Å². The van der Waals surface area contributed by atoms with Crippen LogP contribution in [0.5, 0.6) is 0 Å². The monoisotopic (exact) mass is 397 g/mol. The molecule has 0 saturated heterocycles. The minimum absolute atomic E-state index is 0. The van der Waals surface area contributed by atoms with Crippen LogP contribution < -0.4 is 11.1 Å². The average molecular weight is 398 g/mol. The van der Waals surface area contributed by atoms with Crippen molar-refractivity contribution in [2.45, 2.75) is 32.0 Å². The summed E-state index contributed by atoms with van der Waals surface area (Å²) in [5, 5.41) is 2.99. The van der Waals surface area contributed by atoms with Gasteiger partial charge in [0.25, 0.3) is 0 Å². The number of carbonyl (C=O) groups excluding carboxylic acids is 1. The predicted molar refractivity (Wildman–Crippen MR) is 113 cm³/mol. The first-order chi connectivity index (χ1) is 11.6. The third-order valence-corrected chi connectivity index (χ3v) is 4.25. The van der Waals surface area contributed by atoms with Gasteiger partial charge in [-0.1, -0.05) is 60.7 Å². The second-order valence-corrected chi connectivity index (χ2v) is 6.28. The fourth-order valence-electron chi connectivity index (χ4n) is 2.53. The molecule has 0 aliphatic carbocycles. The van der Waals surface area contributed by atoms with E-state index >= 15 is 0 Å². The van der Waals surface area contributed by atoms with Crippen molar-refractivity contribution in [3.63, 3.8) is 0 Å². The van der Waals surface area contributed by atoms with Crippen molar-refractivity contribution in [1.82, 2.24) is 10.2 Å². The highest BCUT2D eigenvalue weighted by molar-refractivity contribution is 5.85. The van der Waals surface area contributed by atoms with Crippen LogP contribution in [0.4, 0.5) is 0 Å². The summed E-state index contributed by atoms with van der Waals surface area (Å²) in [5.74, 6) is -0.00804. The molecule has 3 N–H and O–H groups in total. The Balaban J connectivity index is 0.00000312. The Hall–Kier alpha value is -1.59. The molecule has 0 heterocycles. The number of benzene rings is 2. The number of nitrogens with zero attached hydrogens (tertiary/aromatic N) is 1. The molecule has 1 amide bonds. The number of nitrogens with one attached hydrogen (secondary N) is 1. The second kappa shape index (κ2) is 12.7. The fourth-order valence-corrected chi connectivity index (χ4v) is 2.53. The minimum atomic E-state index is -0.261. The van der Waals surface area contributed by atoms with E-state index < -0.39 is 0 Å². The molecule has 2 atom stereocenters. The average Bonchev–Trinajstić information content (AvgIpc) is 2.61. The number of hydrogen-bond acceptors (Lipinski definition) is 3. The molecule has 6 heteroatoms. The molecule has 26 heavy (non-hydrogen) atoms. The van der Waals surface area contributed by atoms with Gasteiger partial charge in [-0.3, -0.25) is 9.69 Å². The largest absolute Gasteiger partial charge is 0.354 e. The Morgan fingerprint density at radius 3 is 2.15 bits per heavy atom. The van der Waals surface area contributed by atoms with E-state index in [0.717, 1.165) is 12.1 Å². The lowest BCUT2D eigenvalue weighted by Crippen LogP contribution is -2.40. The quantitative estimate of drug-likeness (QED) is 0.715. The fraction of sp³-hybridized carbons (Fsp3) is 0.350. The van der Waals surface area contributed by atoms with Crippen LogP contribution in [0.25, 0.3) is 0 Å². The van der Waals surface area contributed by atoms with Gasteiger partial charge >= 0.3 is 0 Å². The molecule has 0 fully saturated rings. The summed E-state index contributed by atoms with van der Waals surface area (Å²) in [5.41, 5.74) is 8.35. The lowest BCUT2D eigenvalue weighted by molar-refractivity contribution is -0.121. The first-order valence-electron chi connectivity index (χ1n) is 8.37. The summed E-state index contributed by atoms with van der Waals surface area (Å²) >= 11 is 0. The predicted octanol–water partition coefficient (Wildman–Crippen LogP) is 3.56. The highest BCUT2D eigenvalue weighted by Crippen LogP contribution is 2.13.